The number of carboxylic acids is 1. The summed E-state index contributed by atoms with van der Waals surface area (Å²) in [5, 5.41) is 24.8. The molecule has 0 saturated heterocycles. The number of benzene rings is 3. The van der Waals surface area contributed by atoms with Gasteiger partial charge in [-0.15, -0.1) is 0 Å². The number of aromatic carboxylic acids is 1. The highest BCUT2D eigenvalue weighted by atomic mass is 16.4. The Labute approximate surface area is 177 Å². The van der Waals surface area contributed by atoms with Crippen LogP contribution in [-0.2, 0) is 0 Å². The van der Waals surface area contributed by atoms with Gasteiger partial charge in [0, 0.05) is 16.6 Å². The minimum Gasteiger partial charge on any atom is -0.494 e. The molecule has 3 aromatic carbocycles. The Balaban J connectivity index is 1.68. The smallest absolute Gasteiger partial charge is 0.335 e. The van der Waals surface area contributed by atoms with Crippen molar-refractivity contribution in [1.82, 2.24) is 9.99 Å². The summed E-state index contributed by atoms with van der Waals surface area (Å²) in [5.74, 6) is -1.45. The molecule has 3 N–H and O–H groups in total. The van der Waals surface area contributed by atoms with Crippen LogP contribution in [0.1, 0.15) is 31.8 Å². The number of aromatic hydroxyl groups is 1. The second kappa shape index (κ2) is 8.16. The molecular weight excluding hydrogens is 394 g/mol. The Hall–Kier alpha value is -4.39. The largest absolute Gasteiger partial charge is 0.494 e. The van der Waals surface area contributed by atoms with Gasteiger partial charge in [-0.2, -0.15) is 5.10 Å². The SMILES string of the molecule is Cc1ccc(C(=O)N/N=C/c2c(O)n(-c3ccc(C(=O)O)cc3)c3ccccc23)cc1. The van der Waals surface area contributed by atoms with Gasteiger partial charge < -0.3 is 10.2 Å². The molecule has 0 fully saturated rings. The maximum absolute atomic E-state index is 12.3. The molecule has 1 amide bonds. The standard InChI is InChI=1S/C24H19N3O4/c1-15-6-8-16(9-7-15)22(28)26-25-14-20-19-4-2-3-5-21(19)27(23(20)29)18-12-10-17(11-13-18)24(30)31/h2-14,29H,1H3,(H,26,28)(H,30,31)/b25-14+. The second-order valence-electron chi connectivity index (χ2n) is 7.01. The van der Waals surface area contributed by atoms with Gasteiger partial charge in [0.1, 0.15) is 0 Å². The third-order valence-corrected chi connectivity index (χ3v) is 4.93. The van der Waals surface area contributed by atoms with E-state index in [4.69, 9.17) is 5.11 Å². The zero-order valence-corrected chi connectivity index (χ0v) is 16.6. The lowest BCUT2D eigenvalue weighted by Crippen LogP contribution is -2.17. The third kappa shape index (κ3) is 3.89. The Bertz CT molecular complexity index is 1300. The topological polar surface area (TPSA) is 104 Å². The number of hydrazone groups is 1. The zero-order valence-electron chi connectivity index (χ0n) is 16.6. The van der Waals surface area contributed by atoms with Crippen LogP contribution in [0, 0.1) is 6.92 Å². The van der Waals surface area contributed by atoms with Crippen molar-refractivity contribution in [2.24, 2.45) is 5.10 Å². The monoisotopic (exact) mass is 413 g/mol. The number of fused-ring (bicyclic) bond motifs is 1. The molecule has 4 aromatic rings. The first-order valence-electron chi connectivity index (χ1n) is 9.52. The van der Waals surface area contributed by atoms with E-state index < -0.39 is 5.97 Å². The van der Waals surface area contributed by atoms with Gasteiger partial charge >= 0.3 is 5.97 Å². The summed E-state index contributed by atoms with van der Waals surface area (Å²) in [5.41, 5.74) is 5.90. The molecule has 0 radical (unpaired) electrons. The molecule has 0 atom stereocenters. The summed E-state index contributed by atoms with van der Waals surface area (Å²) in [7, 11) is 0. The van der Waals surface area contributed by atoms with Crippen molar-refractivity contribution in [3.8, 4) is 11.6 Å². The van der Waals surface area contributed by atoms with Crippen LogP contribution in [0.25, 0.3) is 16.6 Å². The lowest BCUT2D eigenvalue weighted by molar-refractivity contribution is 0.0696. The quantitative estimate of drug-likeness (QED) is 0.338. The summed E-state index contributed by atoms with van der Waals surface area (Å²) < 4.78 is 1.60. The summed E-state index contributed by atoms with van der Waals surface area (Å²) in [4.78, 5) is 23.4. The summed E-state index contributed by atoms with van der Waals surface area (Å²) in [6.07, 6.45) is 1.39. The van der Waals surface area contributed by atoms with Crippen LogP contribution in [0.3, 0.4) is 0 Å². The Morgan fingerprint density at radius 1 is 0.935 bits per heavy atom. The molecular formula is C24H19N3O4. The number of rotatable bonds is 5. The number of nitrogens with one attached hydrogen (secondary N) is 1. The van der Waals surface area contributed by atoms with E-state index in [1.165, 1.54) is 18.3 Å². The van der Waals surface area contributed by atoms with Crippen molar-refractivity contribution in [1.29, 1.82) is 0 Å². The predicted molar refractivity (Wildman–Crippen MR) is 118 cm³/mol. The first-order chi connectivity index (χ1) is 15.0. The predicted octanol–water partition coefficient (Wildman–Crippen LogP) is 4.11. The number of hydrogen-bond donors (Lipinski definition) is 3. The van der Waals surface area contributed by atoms with Crippen LogP contribution < -0.4 is 5.43 Å². The van der Waals surface area contributed by atoms with E-state index in [-0.39, 0.29) is 17.4 Å². The van der Waals surface area contributed by atoms with Crippen molar-refractivity contribution in [2.45, 2.75) is 6.92 Å². The summed E-state index contributed by atoms with van der Waals surface area (Å²) in [6, 6.07) is 20.6. The Morgan fingerprint density at radius 3 is 2.26 bits per heavy atom. The van der Waals surface area contributed by atoms with Crippen molar-refractivity contribution < 1.29 is 19.8 Å². The molecule has 0 aliphatic rings. The van der Waals surface area contributed by atoms with E-state index in [2.05, 4.69) is 10.5 Å². The normalized spacial score (nSPS) is 11.1. The van der Waals surface area contributed by atoms with E-state index in [0.29, 0.717) is 16.8 Å². The molecule has 154 valence electrons. The minimum atomic E-state index is -1.02. The fourth-order valence-corrected chi connectivity index (χ4v) is 3.32. The molecule has 31 heavy (non-hydrogen) atoms. The zero-order chi connectivity index (χ0) is 22.0. The molecule has 0 bridgehead atoms. The number of carbonyl (C=O) groups excluding carboxylic acids is 1. The molecule has 0 aliphatic carbocycles. The van der Waals surface area contributed by atoms with Gasteiger partial charge in [-0.3, -0.25) is 9.36 Å². The molecule has 1 aromatic heterocycles. The van der Waals surface area contributed by atoms with Crippen molar-refractivity contribution >= 4 is 29.0 Å². The van der Waals surface area contributed by atoms with Crippen molar-refractivity contribution in [3.05, 3.63) is 95.1 Å². The van der Waals surface area contributed by atoms with Crippen LogP contribution in [0.5, 0.6) is 5.88 Å². The highest BCUT2D eigenvalue weighted by Crippen LogP contribution is 2.33. The van der Waals surface area contributed by atoms with E-state index in [1.807, 2.05) is 43.3 Å². The van der Waals surface area contributed by atoms with Gasteiger partial charge in [-0.05, 0) is 49.4 Å². The number of aryl methyl sites for hydroxylation is 1. The van der Waals surface area contributed by atoms with E-state index >= 15 is 0 Å². The third-order valence-electron chi connectivity index (χ3n) is 4.93. The van der Waals surface area contributed by atoms with Crippen molar-refractivity contribution in [3.63, 3.8) is 0 Å². The van der Waals surface area contributed by atoms with Crippen LogP contribution in [0.15, 0.2) is 77.9 Å². The number of aromatic nitrogens is 1. The van der Waals surface area contributed by atoms with Crippen LogP contribution in [-0.4, -0.2) is 32.9 Å². The van der Waals surface area contributed by atoms with Gasteiger partial charge in [0.25, 0.3) is 5.91 Å². The first-order valence-corrected chi connectivity index (χ1v) is 9.52. The number of nitrogens with zero attached hydrogens (tertiary/aromatic N) is 2. The summed E-state index contributed by atoms with van der Waals surface area (Å²) in [6.45, 7) is 1.94. The fourth-order valence-electron chi connectivity index (χ4n) is 3.32. The van der Waals surface area contributed by atoms with Crippen LogP contribution >= 0.6 is 0 Å². The second-order valence-corrected chi connectivity index (χ2v) is 7.01. The molecule has 0 aliphatic heterocycles. The van der Waals surface area contributed by atoms with Gasteiger partial charge in [-0.1, -0.05) is 35.9 Å². The van der Waals surface area contributed by atoms with Gasteiger partial charge in [0.15, 0.2) is 0 Å². The fraction of sp³-hybridized carbons (Fsp3) is 0.0417. The van der Waals surface area contributed by atoms with Gasteiger partial charge in [0.2, 0.25) is 5.88 Å². The van der Waals surface area contributed by atoms with Gasteiger partial charge in [-0.25, -0.2) is 10.2 Å². The Kier molecular flexibility index (Phi) is 5.24. The lowest BCUT2D eigenvalue weighted by atomic mass is 10.1. The highest BCUT2D eigenvalue weighted by Gasteiger charge is 2.17. The number of amides is 1. The number of para-hydroxylation sites is 1. The molecule has 0 spiro atoms. The Morgan fingerprint density at radius 2 is 1.58 bits per heavy atom. The van der Waals surface area contributed by atoms with Crippen molar-refractivity contribution in [2.75, 3.05) is 0 Å². The number of carboxylic acid groups (broad SMARTS) is 1. The maximum atomic E-state index is 12.3. The molecule has 7 nitrogen and oxygen atoms in total. The molecule has 7 heteroatoms. The van der Waals surface area contributed by atoms with E-state index in [1.54, 1.807) is 28.8 Å². The van der Waals surface area contributed by atoms with E-state index in [9.17, 15) is 14.7 Å². The lowest BCUT2D eigenvalue weighted by Gasteiger charge is -2.07. The summed E-state index contributed by atoms with van der Waals surface area (Å²) >= 11 is 0. The molecule has 1 heterocycles. The molecule has 0 saturated carbocycles. The molecule has 4 rings (SSSR count). The van der Waals surface area contributed by atoms with Crippen LogP contribution in [0.4, 0.5) is 0 Å². The average molecular weight is 413 g/mol. The number of hydrogen-bond acceptors (Lipinski definition) is 4. The maximum Gasteiger partial charge on any atom is 0.335 e. The molecule has 0 unspecified atom stereocenters. The van der Waals surface area contributed by atoms with Crippen LogP contribution in [0.2, 0.25) is 0 Å². The first kappa shape index (κ1) is 19.9. The highest BCUT2D eigenvalue weighted by molar-refractivity contribution is 6.04. The van der Waals surface area contributed by atoms with E-state index in [0.717, 1.165) is 16.5 Å². The minimum absolute atomic E-state index is 0.0717. The van der Waals surface area contributed by atoms with Gasteiger partial charge in [0.05, 0.1) is 22.9 Å². The average Bonchev–Trinajstić information content (AvgIpc) is 3.05. The number of carbonyl (C=O) groups is 2.